The van der Waals surface area contributed by atoms with E-state index in [1.807, 2.05) is 35.8 Å². The predicted molar refractivity (Wildman–Crippen MR) is 121 cm³/mol. The standard InChI is InChI=1S/C26H32N2O4/c1-4-5-20-14-18(2)23(19(3)15-20)24-21(29)16-26(17-22(24)30)6-8-27(9-7-26)25(31)28-10-12-32-13-11-28/h14-15,24H,6-13,16-17H2,1-3H3. The van der Waals surface area contributed by atoms with Crippen molar-refractivity contribution in [1.29, 1.82) is 0 Å². The first-order valence-electron chi connectivity index (χ1n) is 11.5. The van der Waals surface area contributed by atoms with Crippen LogP contribution in [0.3, 0.4) is 0 Å². The van der Waals surface area contributed by atoms with E-state index in [0.717, 1.165) is 22.3 Å². The van der Waals surface area contributed by atoms with Crippen LogP contribution < -0.4 is 0 Å². The molecule has 0 atom stereocenters. The lowest BCUT2D eigenvalue weighted by molar-refractivity contribution is -0.138. The average Bonchev–Trinajstić information content (AvgIpc) is 2.76. The Balaban J connectivity index is 1.46. The minimum absolute atomic E-state index is 0.0229. The molecule has 4 rings (SSSR count). The summed E-state index contributed by atoms with van der Waals surface area (Å²) < 4.78 is 5.34. The van der Waals surface area contributed by atoms with Gasteiger partial charge in [-0.2, -0.15) is 0 Å². The summed E-state index contributed by atoms with van der Waals surface area (Å²) in [6.45, 7) is 9.34. The number of hydrogen-bond donors (Lipinski definition) is 0. The number of nitrogens with zero attached hydrogens (tertiary/aromatic N) is 2. The molecule has 0 radical (unpaired) electrons. The smallest absolute Gasteiger partial charge is 0.320 e. The first-order valence-corrected chi connectivity index (χ1v) is 11.5. The Bertz CT molecular complexity index is 946. The monoisotopic (exact) mass is 436 g/mol. The van der Waals surface area contributed by atoms with Crippen molar-refractivity contribution >= 4 is 17.6 Å². The van der Waals surface area contributed by atoms with E-state index in [1.165, 1.54) is 0 Å². The fourth-order valence-corrected chi connectivity index (χ4v) is 5.63. The van der Waals surface area contributed by atoms with Gasteiger partial charge in [-0.15, -0.1) is 5.92 Å². The quantitative estimate of drug-likeness (QED) is 0.501. The van der Waals surface area contributed by atoms with Gasteiger partial charge in [0.2, 0.25) is 0 Å². The van der Waals surface area contributed by atoms with Crippen LogP contribution in [0.1, 0.15) is 60.8 Å². The van der Waals surface area contributed by atoms with Gasteiger partial charge in [-0.3, -0.25) is 9.59 Å². The van der Waals surface area contributed by atoms with Crippen LogP contribution in [0.2, 0.25) is 0 Å². The molecule has 3 fully saturated rings. The van der Waals surface area contributed by atoms with Crippen LogP contribution >= 0.6 is 0 Å². The number of likely N-dealkylation sites (tertiary alicyclic amines) is 1. The van der Waals surface area contributed by atoms with Crippen LogP contribution in [0.15, 0.2) is 12.1 Å². The summed E-state index contributed by atoms with van der Waals surface area (Å²) in [6.07, 6.45) is 2.24. The lowest BCUT2D eigenvalue weighted by Crippen LogP contribution is -2.53. The lowest BCUT2D eigenvalue weighted by atomic mass is 9.62. The molecule has 0 unspecified atom stereocenters. The highest BCUT2D eigenvalue weighted by molar-refractivity contribution is 6.10. The highest BCUT2D eigenvalue weighted by Gasteiger charge is 2.48. The normalized spacial score (nSPS) is 21.5. The maximum atomic E-state index is 13.3. The van der Waals surface area contributed by atoms with Crippen LogP contribution in [0.5, 0.6) is 0 Å². The summed E-state index contributed by atoms with van der Waals surface area (Å²) in [5.74, 6) is 5.34. The van der Waals surface area contributed by atoms with Gasteiger partial charge in [-0.25, -0.2) is 4.79 Å². The number of urea groups is 1. The molecule has 1 aromatic rings. The van der Waals surface area contributed by atoms with Gasteiger partial charge in [0.25, 0.3) is 0 Å². The molecule has 1 spiro atoms. The van der Waals surface area contributed by atoms with E-state index >= 15 is 0 Å². The van der Waals surface area contributed by atoms with E-state index in [4.69, 9.17) is 4.74 Å². The minimum Gasteiger partial charge on any atom is -0.378 e. The molecule has 6 nitrogen and oxygen atoms in total. The summed E-state index contributed by atoms with van der Waals surface area (Å²) in [7, 11) is 0. The number of carbonyl (C=O) groups excluding carboxylic acids is 3. The fourth-order valence-electron chi connectivity index (χ4n) is 5.63. The molecule has 0 bridgehead atoms. The van der Waals surface area contributed by atoms with Crippen molar-refractivity contribution in [2.45, 2.75) is 52.4 Å². The van der Waals surface area contributed by atoms with Gasteiger partial charge >= 0.3 is 6.03 Å². The van der Waals surface area contributed by atoms with E-state index < -0.39 is 5.92 Å². The van der Waals surface area contributed by atoms with Gasteiger partial charge in [0.1, 0.15) is 17.5 Å². The minimum atomic E-state index is -0.669. The number of benzene rings is 1. The van der Waals surface area contributed by atoms with Crippen molar-refractivity contribution < 1.29 is 19.1 Å². The van der Waals surface area contributed by atoms with E-state index in [0.29, 0.717) is 65.1 Å². The van der Waals surface area contributed by atoms with Crippen molar-refractivity contribution in [3.8, 4) is 11.8 Å². The van der Waals surface area contributed by atoms with E-state index in [1.54, 1.807) is 6.92 Å². The van der Waals surface area contributed by atoms with Gasteiger partial charge in [0, 0.05) is 44.6 Å². The summed E-state index contributed by atoms with van der Waals surface area (Å²) in [5.41, 5.74) is 3.38. The number of morpholine rings is 1. The molecule has 2 heterocycles. The zero-order chi connectivity index (χ0) is 22.9. The molecule has 32 heavy (non-hydrogen) atoms. The van der Waals surface area contributed by atoms with Gasteiger partial charge in [0.05, 0.1) is 13.2 Å². The maximum Gasteiger partial charge on any atom is 0.320 e. The molecule has 1 aliphatic carbocycles. The van der Waals surface area contributed by atoms with Crippen molar-refractivity contribution in [3.63, 3.8) is 0 Å². The molecule has 0 aromatic heterocycles. The summed E-state index contributed by atoms with van der Waals surface area (Å²) in [4.78, 5) is 43.1. The molecule has 170 valence electrons. The Kier molecular flexibility index (Phi) is 6.39. The van der Waals surface area contributed by atoms with Crippen molar-refractivity contribution in [2.24, 2.45) is 5.41 Å². The average molecular weight is 437 g/mol. The highest BCUT2D eigenvalue weighted by atomic mass is 16.5. The Morgan fingerprint density at radius 3 is 2.03 bits per heavy atom. The number of rotatable bonds is 1. The topological polar surface area (TPSA) is 66.9 Å². The first-order chi connectivity index (χ1) is 15.3. The highest BCUT2D eigenvalue weighted by Crippen LogP contribution is 2.46. The second-order valence-corrected chi connectivity index (χ2v) is 9.49. The maximum absolute atomic E-state index is 13.3. The van der Waals surface area contributed by atoms with Crippen LogP contribution in [0, 0.1) is 31.1 Å². The predicted octanol–water partition coefficient (Wildman–Crippen LogP) is 3.22. The molecule has 6 heteroatoms. The van der Waals surface area contributed by atoms with E-state index in [-0.39, 0.29) is 23.0 Å². The second kappa shape index (κ2) is 9.07. The van der Waals surface area contributed by atoms with Gasteiger partial charge in [0.15, 0.2) is 0 Å². The molecule has 1 saturated carbocycles. The number of Topliss-reactive ketones (excluding diaryl/α,β-unsaturated/α-hetero) is 2. The number of carbonyl (C=O) groups is 3. The number of piperidine rings is 1. The molecular weight excluding hydrogens is 404 g/mol. The van der Waals surface area contributed by atoms with Crippen LogP contribution in [0.25, 0.3) is 0 Å². The van der Waals surface area contributed by atoms with Gasteiger partial charge in [-0.1, -0.05) is 5.92 Å². The largest absolute Gasteiger partial charge is 0.378 e. The van der Waals surface area contributed by atoms with E-state index in [9.17, 15) is 14.4 Å². The van der Waals surface area contributed by atoms with Crippen LogP contribution in [-0.2, 0) is 14.3 Å². The Labute approximate surface area is 190 Å². The number of amides is 2. The number of hydrogen-bond acceptors (Lipinski definition) is 4. The van der Waals surface area contributed by atoms with Crippen LogP contribution in [-0.4, -0.2) is 66.8 Å². The third kappa shape index (κ3) is 4.31. The first kappa shape index (κ1) is 22.5. The fraction of sp³-hybridized carbons (Fsp3) is 0.577. The number of aryl methyl sites for hydroxylation is 2. The molecule has 0 N–H and O–H groups in total. The molecule has 2 saturated heterocycles. The zero-order valence-electron chi connectivity index (χ0n) is 19.3. The van der Waals surface area contributed by atoms with Crippen LogP contribution in [0.4, 0.5) is 4.79 Å². The van der Waals surface area contributed by atoms with Gasteiger partial charge in [-0.05, 0) is 67.9 Å². The Morgan fingerprint density at radius 1 is 0.969 bits per heavy atom. The summed E-state index contributed by atoms with van der Waals surface area (Å²) in [6, 6.07) is 4.00. The molecular formula is C26H32N2O4. The SMILES string of the molecule is CC#Cc1cc(C)c(C2C(=O)CC3(CCN(C(=O)N4CCOCC4)CC3)CC2=O)c(C)c1. The molecule has 3 aliphatic rings. The molecule has 2 aliphatic heterocycles. The summed E-state index contributed by atoms with van der Waals surface area (Å²) >= 11 is 0. The van der Waals surface area contributed by atoms with Gasteiger partial charge < -0.3 is 14.5 Å². The zero-order valence-corrected chi connectivity index (χ0v) is 19.3. The third-order valence-corrected chi connectivity index (χ3v) is 7.27. The molecule has 2 amide bonds. The lowest BCUT2D eigenvalue weighted by Gasteiger charge is -2.45. The van der Waals surface area contributed by atoms with E-state index in [2.05, 4.69) is 11.8 Å². The van der Waals surface area contributed by atoms with Crippen molar-refractivity contribution in [3.05, 3.63) is 34.4 Å². The Morgan fingerprint density at radius 2 is 1.50 bits per heavy atom. The second-order valence-electron chi connectivity index (χ2n) is 9.49. The molecule has 1 aromatic carbocycles. The van der Waals surface area contributed by atoms with Crippen molar-refractivity contribution in [1.82, 2.24) is 9.80 Å². The third-order valence-electron chi connectivity index (χ3n) is 7.27. The Hall–Kier alpha value is -2.65. The summed E-state index contributed by atoms with van der Waals surface area (Å²) in [5, 5.41) is 0. The number of ketones is 2. The van der Waals surface area contributed by atoms with Crippen molar-refractivity contribution in [2.75, 3.05) is 39.4 Å². The number of ether oxygens (including phenoxy) is 1.